The number of fused-ring (bicyclic) bond motifs is 1. The second kappa shape index (κ2) is 9.15. The fraction of sp³-hybridized carbons (Fsp3) is 0.318. The Labute approximate surface area is 187 Å². The lowest BCUT2D eigenvalue weighted by Gasteiger charge is -2.14. The van der Waals surface area contributed by atoms with Gasteiger partial charge in [-0.3, -0.25) is 4.79 Å². The normalized spacial score (nSPS) is 18.3. The lowest BCUT2D eigenvalue weighted by atomic mass is 10.1. The molecule has 0 amide bonds. The van der Waals surface area contributed by atoms with Crippen LogP contribution in [0.4, 0.5) is 8.78 Å². The fourth-order valence-corrected chi connectivity index (χ4v) is 4.01. The van der Waals surface area contributed by atoms with Crippen molar-refractivity contribution in [3.05, 3.63) is 65.0 Å². The van der Waals surface area contributed by atoms with Crippen LogP contribution in [0.3, 0.4) is 0 Å². The van der Waals surface area contributed by atoms with Gasteiger partial charge in [-0.25, -0.2) is 0 Å². The van der Waals surface area contributed by atoms with E-state index in [0.717, 1.165) is 11.3 Å². The number of carbonyl (C=O) groups is 1. The largest absolute Gasteiger partial charge is 0.586 e. The number of carboxylic acid groups (broad SMARTS) is 1. The maximum Gasteiger partial charge on any atom is 0.586 e. The van der Waals surface area contributed by atoms with Gasteiger partial charge in [0.05, 0.1) is 18.1 Å². The molecule has 1 unspecified atom stereocenters. The number of hydrogen-bond donors (Lipinski definition) is 2. The Morgan fingerprint density at radius 2 is 2.03 bits per heavy atom. The summed E-state index contributed by atoms with van der Waals surface area (Å²) < 4.78 is 47.1. The quantitative estimate of drug-likeness (QED) is 0.554. The molecule has 4 rings (SSSR count). The van der Waals surface area contributed by atoms with Crippen molar-refractivity contribution in [3.63, 3.8) is 0 Å². The summed E-state index contributed by atoms with van der Waals surface area (Å²) in [4.78, 5) is 10.6. The Kier molecular flexibility index (Phi) is 6.31. The predicted octanol–water partition coefficient (Wildman–Crippen LogP) is 4.64. The van der Waals surface area contributed by atoms with Gasteiger partial charge in [0.1, 0.15) is 11.5 Å². The van der Waals surface area contributed by atoms with Crippen molar-refractivity contribution in [2.75, 3.05) is 12.4 Å². The minimum atomic E-state index is -3.66. The molecule has 170 valence electrons. The van der Waals surface area contributed by atoms with Crippen LogP contribution in [0, 0.1) is 0 Å². The number of nitrogens with one attached hydrogen (secondary N) is 1. The minimum absolute atomic E-state index is 0.0151. The molecule has 2 heterocycles. The molecule has 0 saturated heterocycles. The third-order valence-corrected chi connectivity index (χ3v) is 5.76. The van der Waals surface area contributed by atoms with Crippen LogP contribution in [-0.4, -0.2) is 29.7 Å². The number of carboxylic acids is 1. The number of alkyl halides is 2. The summed E-state index contributed by atoms with van der Waals surface area (Å²) in [6.07, 6.45) is -3.63. The average Bonchev–Trinajstić information content (AvgIpc) is 3.25. The molecular weight excluding hydrogens is 444 g/mol. The van der Waals surface area contributed by atoms with E-state index in [2.05, 4.69) is 14.8 Å². The van der Waals surface area contributed by atoms with E-state index in [-0.39, 0.29) is 17.3 Å². The highest BCUT2D eigenvalue weighted by Crippen LogP contribution is 2.43. The third kappa shape index (κ3) is 5.37. The first-order valence-electron chi connectivity index (χ1n) is 9.83. The molecule has 0 bridgehead atoms. The summed E-state index contributed by atoms with van der Waals surface area (Å²) >= 11 is 1.33. The molecule has 0 fully saturated rings. The zero-order valence-electron chi connectivity index (χ0n) is 17.1. The molecule has 2 N–H and O–H groups in total. The first-order valence-corrected chi connectivity index (χ1v) is 11.0. The van der Waals surface area contributed by atoms with Crippen molar-refractivity contribution < 1.29 is 37.6 Å². The van der Waals surface area contributed by atoms with Gasteiger partial charge in [0.2, 0.25) is 0 Å². The van der Waals surface area contributed by atoms with E-state index in [1.54, 1.807) is 6.07 Å². The molecule has 1 atom stereocenters. The molecule has 0 aliphatic carbocycles. The van der Waals surface area contributed by atoms with Crippen LogP contribution in [0.25, 0.3) is 0 Å². The molecule has 0 spiro atoms. The van der Waals surface area contributed by atoms with Crippen LogP contribution < -0.4 is 19.5 Å². The fourth-order valence-electron chi connectivity index (χ4n) is 3.32. The van der Waals surface area contributed by atoms with E-state index < -0.39 is 18.5 Å². The number of thioether (sulfide) groups is 1. The van der Waals surface area contributed by atoms with Crippen LogP contribution in [0.1, 0.15) is 30.7 Å². The van der Waals surface area contributed by atoms with E-state index in [1.165, 1.54) is 23.9 Å². The van der Waals surface area contributed by atoms with Crippen molar-refractivity contribution in [2.45, 2.75) is 31.6 Å². The van der Waals surface area contributed by atoms with Gasteiger partial charge in [0, 0.05) is 17.7 Å². The summed E-state index contributed by atoms with van der Waals surface area (Å²) in [5.74, 6) is 1.15. The number of allylic oxidation sites excluding steroid dienone is 1. The molecule has 32 heavy (non-hydrogen) atoms. The Balaban J connectivity index is 1.28. The Bertz CT molecular complexity index is 1040. The van der Waals surface area contributed by atoms with Crippen LogP contribution in [-0.2, 0) is 15.3 Å². The molecule has 2 aromatic rings. The molecule has 0 aromatic heterocycles. The zero-order chi connectivity index (χ0) is 22.7. The standard InChI is InChI=1S/C22H21F2NO6S/c1-13-17(7-8-28-16-4-2-3-14(9-16)11-32-12-20(26)27)25-21(29-13)15-5-6-18-19(10-15)31-22(23,24)30-18/h2-6,9-10,21,25H,7-8,11-12H2,1H3,(H,26,27). The van der Waals surface area contributed by atoms with Gasteiger partial charge in [-0.2, -0.15) is 0 Å². The van der Waals surface area contributed by atoms with Gasteiger partial charge in [0.25, 0.3) is 0 Å². The van der Waals surface area contributed by atoms with Crippen LogP contribution in [0.2, 0.25) is 0 Å². The van der Waals surface area contributed by atoms with Crippen LogP contribution in [0.5, 0.6) is 17.2 Å². The highest BCUT2D eigenvalue weighted by molar-refractivity contribution is 7.99. The summed E-state index contributed by atoms with van der Waals surface area (Å²) in [6, 6.07) is 12.1. The third-order valence-electron chi connectivity index (χ3n) is 4.77. The maximum atomic E-state index is 13.2. The van der Waals surface area contributed by atoms with Gasteiger partial charge in [-0.15, -0.1) is 20.5 Å². The molecule has 2 aliphatic heterocycles. The summed E-state index contributed by atoms with van der Waals surface area (Å²) in [5.41, 5.74) is 2.47. The second-order valence-corrected chi connectivity index (χ2v) is 8.17. The van der Waals surface area contributed by atoms with Crippen LogP contribution in [0.15, 0.2) is 53.9 Å². The number of benzene rings is 2. The van der Waals surface area contributed by atoms with E-state index in [4.69, 9.17) is 14.6 Å². The van der Waals surface area contributed by atoms with Gasteiger partial charge in [-0.1, -0.05) is 12.1 Å². The minimum Gasteiger partial charge on any atom is -0.493 e. The highest BCUT2D eigenvalue weighted by atomic mass is 32.2. The number of halogens is 2. The Hall–Kier alpha value is -3.14. The lowest BCUT2D eigenvalue weighted by Crippen LogP contribution is -2.25. The zero-order valence-corrected chi connectivity index (χ0v) is 17.9. The van der Waals surface area contributed by atoms with E-state index >= 15 is 0 Å². The monoisotopic (exact) mass is 465 g/mol. The number of ether oxygens (including phenoxy) is 4. The maximum absolute atomic E-state index is 13.2. The second-order valence-electron chi connectivity index (χ2n) is 7.18. The Morgan fingerprint density at radius 1 is 1.22 bits per heavy atom. The number of hydrogen-bond acceptors (Lipinski definition) is 7. The van der Waals surface area contributed by atoms with Crippen molar-refractivity contribution >= 4 is 17.7 Å². The number of rotatable bonds is 9. The molecule has 0 saturated carbocycles. The Morgan fingerprint density at radius 3 is 2.84 bits per heavy atom. The molecule has 0 radical (unpaired) electrons. The van der Waals surface area contributed by atoms with E-state index in [1.807, 2.05) is 31.2 Å². The average molecular weight is 465 g/mol. The summed E-state index contributed by atoms with van der Waals surface area (Å²) in [5, 5.41) is 12.0. The topological polar surface area (TPSA) is 86.3 Å². The molecule has 7 nitrogen and oxygen atoms in total. The molecule has 10 heteroatoms. The predicted molar refractivity (Wildman–Crippen MR) is 113 cm³/mol. The first-order chi connectivity index (χ1) is 15.3. The van der Waals surface area contributed by atoms with Gasteiger partial charge < -0.3 is 29.4 Å². The molecule has 2 aliphatic rings. The van der Waals surface area contributed by atoms with Crippen LogP contribution >= 0.6 is 11.8 Å². The van der Waals surface area contributed by atoms with Gasteiger partial charge >= 0.3 is 12.3 Å². The van der Waals surface area contributed by atoms with E-state index in [9.17, 15) is 13.6 Å². The van der Waals surface area contributed by atoms with Crippen molar-refractivity contribution in [2.24, 2.45) is 0 Å². The molecular formula is C22H21F2NO6S. The molecule has 2 aromatic carbocycles. The summed E-state index contributed by atoms with van der Waals surface area (Å²) in [6.45, 7) is 2.22. The lowest BCUT2D eigenvalue weighted by molar-refractivity contribution is -0.286. The number of aliphatic carboxylic acids is 1. The van der Waals surface area contributed by atoms with Crippen molar-refractivity contribution in [1.29, 1.82) is 0 Å². The van der Waals surface area contributed by atoms with Gasteiger partial charge in [0.15, 0.2) is 17.7 Å². The van der Waals surface area contributed by atoms with Gasteiger partial charge in [-0.05, 0) is 42.8 Å². The van der Waals surface area contributed by atoms with Crippen molar-refractivity contribution in [1.82, 2.24) is 5.32 Å². The van der Waals surface area contributed by atoms with E-state index in [0.29, 0.717) is 35.9 Å². The SMILES string of the molecule is CC1=C(CCOc2cccc(CSCC(=O)O)c2)NC(c2ccc3c(c2)OC(F)(F)O3)O1. The smallest absolute Gasteiger partial charge is 0.493 e. The van der Waals surface area contributed by atoms with Crippen molar-refractivity contribution in [3.8, 4) is 17.2 Å². The highest BCUT2D eigenvalue weighted by Gasteiger charge is 2.43. The summed E-state index contributed by atoms with van der Waals surface area (Å²) in [7, 11) is 0. The first kappa shape index (κ1) is 22.1.